The predicted molar refractivity (Wildman–Crippen MR) is 109 cm³/mol. The molecule has 30 heavy (non-hydrogen) atoms. The molecule has 1 saturated carbocycles. The highest BCUT2D eigenvalue weighted by Crippen LogP contribution is 2.26. The van der Waals surface area contributed by atoms with Gasteiger partial charge in [-0.3, -0.25) is 10.1 Å². The van der Waals surface area contributed by atoms with Gasteiger partial charge >= 0.3 is 12.1 Å². The molecule has 0 bridgehead atoms. The quantitative estimate of drug-likeness (QED) is 0.347. The fourth-order valence-electron chi connectivity index (χ4n) is 3.52. The van der Waals surface area contributed by atoms with E-state index in [9.17, 15) is 19.7 Å². The highest BCUT2D eigenvalue weighted by atomic mass is 16.6. The van der Waals surface area contributed by atoms with Gasteiger partial charge in [0, 0.05) is 18.7 Å². The number of non-ortho nitro benzene ring substituents is 1. The van der Waals surface area contributed by atoms with E-state index in [1.165, 1.54) is 63.5 Å². The van der Waals surface area contributed by atoms with Crippen LogP contribution in [0.5, 0.6) is 0 Å². The Kier molecular flexibility index (Phi) is 9.53. The Morgan fingerprint density at radius 2 is 1.87 bits per heavy atom. The monoisotopic (exact) mass is 422 g/mol. The fourth-order valence-corrected chi connectivity index (χ4v) is 3.52. The zero-order valence-electron chi connectivity index (χ0n) is 17.5. The summed E-state index contributed by atoms with van der Waals surface area (Å²) >= 11 is 0. The van der Waals surface area contributed by atoms with Gasteiger partial charge in [0.15, 0.2) is 6.04 Å². The van der Waals surface area contributed by atoms with E-state index in [0.29, 0.717) is 18.1 Å². The SMILES string of the molecule is COC(=O)C(NC(=O)OCc1ccc([N+](=O)[O-])cc1)C(C)OCCC1CCCCC1. The number of methoxy groups -OCH3 is 1. The van der Waals surface area contributed by atoms with Gasteiger partial charge in [-0.05, 0) is 37.0 Å². The van der Waals surface area contributed by atoms with Gasteiger partial charge in [-0.1, -0.05) is 32.1 Å². The molecule has 1 aromatic carbocycles. The lowest BCUT2D eigenvalue weighted by atomic mass is 9.87. The molecule has 0 aliphatic heterocycles. The van der Waals surface area contributed by atoms with E-state index in [2.05, 4.69) is 5.32 Å². The third-order valence-electron chi connectivity index (χ3n) is 5.35. The third-order valence-corrected chi connectivity index (χ3v) is 5.35. The van der Waals surface area contributed by atoms with Crippen molar-refractivity contribution in [1.29, 1.82) is 0 Å². The van der Waals surface area contributed by atoms with E-state index in [4.69, 9.17) is 14.2 Å². The number of nitro groups is 1. The summed E-state index contributed by atoms with van der Waals surface area (Å²) in [4.78, 5) is 34.4. The lowest BCUT2D eigenvalue weighted by molar-refractivity contribution is -0.384. The number of esters is 1. The summed E-state index contributed by atoms with van der Waals surface area (Å²) in [7, 11) is 1.24. The lowest BCUT2D eigenvalue weighted by Crippen LogP contribution is -2.49. The molecule has 2 unspecified atom stereocenters. The second-order valence-corrected chi connectivity index (χ2v) is 7.51. The molecule has 1 aromatic rings. The molecule has 1 aliphatic carbocycles. The summed E-state index contributed by atoms with van der Waals surface area (Å²) in [6, 6.07) is 4.66. The van der Waals surface area contributed by atoms with Gasteiger partial charge in [-0.2, -0.15) is 0 Å². The zero-order chi connectivity index (χ0) is 21.9. The summed E-state index contributed by atoms with van der Waals surface area (Å²) in [5.41, 5.74) is 0.537. The minimum Gasteiger partial charge on any atom is -0.467 e. The number of carbonyl (C=O) groups excluding carboxylic acids is 2. The van der Waals surface area contributed by atoms with Crippen LogP contribution in [0.3, 0.4) is 0 Å². The van der Waals surface area contributed by atoms with E-state index >= 15 is 0 Å². The maximum atomic E-state index is 12.1. The van der Waals surface area contributed by atoms with Gasteiger partial charge in [-0.15, -0.1) is 0 Å². The van der Waals surface area contributed by atoms with Gasteiger partial charge in [0.1, 0.15) is 6.61 Å². The maximum absolute atomic E-state index is 12.1. The number of hydrogen-bond donors (Lipinski definition) is 1. The maximum Gasteiger partial charge on any atom is 0.408 e. The Hall–Kier alpha value is -2.68. The first-order chi connectivity index (χ1) is 14.4. The van der Waals surface area contributed by atoms with Crippen LogP contribution in [-0.2, 0) is 25.6 Å². The van der Waals surface area contributed by atoms with Gasteiger partial charge in [0.2, 0.25) is 0 Å². The average molecular weight is 422 g/mol. The first kappa shape index (κ1) is 23.6. The van der Waals surface area contributed by atoms with Crippen molar-refractivity contribution in [2.75, 3.05) is 13.7 Å². The van der Waals surface area contributed by atoms with Crippen LogP contribution in [0.4, 0.5) is 10.5 Å². The van der Waals surface area contributed by atoms with E-state index < -0.39 is 29.1 Å². The smallest absolute Gasteiger partial charge is 0.408 e. The topological polar surface area (TPSA) is 117 Å². The average Bonchev–Trinajstić information content (AvgIpc) is 2.76. The normalized spacial score (nSPS) is 16.3. The molecule has 0 heterocycles. The Bertz CT molecular complexity index is 702. The summed E-state index contributed by atoms with van der Waals surface area (Å²) in [5, 5.41) is 13.2. The van der Waals surface area contributed by atoms with Crippen molar-refractivity contribution in [3.8, 4) is 0 Å². The highest BCUT2D eigenvalue weighted by Gasteiger charge is 2.29. The summed E-state index contributed by atoms with van der Waals surface area (Å²) < 4.78 is 15.7. The standard InChI is InChI=1S/C21H30N2O7/c1-15(29-13-12-16-6-4-3-5-7-16)19(20(24)28-2)22-21(25)30-14-17-8-10-18(11-9-17)23(26)27/h8-11,15-16,19H,3-7,12-14H2,1-2H3,(H,22,25). The molecule has 0 spiro atoms. The highest BCUT2D eigenvalue weighted by molar-refractivity contribution is 5.81. The second kappa shape index (κ2) is 12.1. The summed E-state index contributed by atoms with van der Waals surface area (Å²) in [5.74, 6) is 0.0367. The molecule has 0 saturated heterocycles. The minimum atomic E-state index is -0.995. The van der Waals surface area contributed by atoms with Crippen molar-refractivity contribution >= 4 is 17.7 Å². The minimum absolute atomic E-state index is 0.0480. The number of rotatable bonds is 10. The molecule has 1 amide bonds. The number of nitro benzene ring substituents is 1. The molecule has 0 aromatic heterocycles. The number of nitrogens with one attached hydrogen (secondary N) is 1. The first-order valence-corrected chi connectivity index (χ1v) is 10.3. The number of alkyl carbamates (subject to hydrolysis) is 1. The van der Waals surface area contributed by atoms with Crippen molar-refractivity contribution in [3.05, 3.63) is 39.9 Å². The van der Waals surface area contributed by atoms with Crippen LogP contribution < -0.4 is 5.32 Å². The van der Waals surface area contributed by atoms with Crippen LogP contribution >= 0.6 is 0 Å². The van der Waals surface area contributed by atoms with Crippen molar-refractivity contribution in [3.63, 3.8) is 0 Å². The molecule has 1 N–H and O–H groups in total. The van der Waals surface area contributed by atoms with Crippen LogP contribution in [0.15, 0.2) is 24.3 Å². The van der Waals surface area contributed by atoms with Crippen molar-refractivity contribution in [2.45, 2.75) is 64.2 Å². The Morgan fingerprint density at radius 1 is 1.20 bits per heavy atom. The molecule has 2 atom stereocenters. The molecule has 9 heteroatoms. The molecule has 0 radical (unpaired) electrons. The Morgan fingerprint density at radius 3 is 2.47 bits per heavy atom. The van der Waals surface area contributed by atoms with E-state index in [1.54, 1.807) is 6.92 Å². The van der Waals surface area contributed by atoms with Crippen LogP contribution in [0.1, 0.15) is 51.0 Å². The molecule has 9 nitrogen and oxygen atoms in total. The van der Waals surface area contributed by atoms with Crippen LogP contribution in [-0.4, -0.2) is 42.8 Å². The van der Waals surface area contributed by atoms with Crippen molar-refractivity contribution in [1.82, 2.24) is 5.32 Å². The number of benzene rings is 1. The molecule has 1 aliphatic rings. The second-order valence-electron chi connectivity index (χ2n) is 7.51. The number of ether oxygens (including phenoxy) is 3. The van der Waals surface area contributed by atoms with Crippen LogP contribution in [0.25, 0.3) is 0 Å². The third kappa shape index (κ3) is 7.62. The largest absolute Gasteiger partial charge is 0.467 e. The summed E-state index contributed by atoms with van der Waals surface area (Å²) in [6.45, 7) is 2.13. The Labute approximate surface area is 176 Å². The van der Waals surface area contributed by atoms with Gasteiger partial charge in [0.05, 0.1) is 18.1 Å². The number of carbonyl (C=O) groups is 2. The molecular weight excluding hydrogens is 392 g/mol. The summed E-state index contributed by atoms with van der Waals surface area (Å²) in [6.07, 6.45) is 5.80. The van der Waals surface area contributed by atoms with Gasteiger partial charge in [-0.25, -0.2) is 9.59 Å². The molecule has 166 valence electrons. The van der Waals surface area contributed by atoms with Crippen LogP contribution in [0, 0.1) is 16.0 Å². The van der Waals surface area contributed by atoms with Crippen molar-refractivity contribution < 1.29 is 28.7 Å². The molecule has 1 fully saturated rings. The van der Waals surface area contributed by atoms with Crippen molar-refractivity contribution in [2.24, 2.45) is 5.92 Å². The van der Waals surface area contributed by atoms with Gasteiger partial charge in [0.25, 0.3) is 5.69 Å². The lowest BCUT2D eigenvalue weighted by Gasteiger charge is -2.25. The Balaban J connectivity index is 1.80. The van der Waals surface area contributed by atoms with Gasteiger partial charge < -0.3 is 19.5 Å². The number of nitrogens with zero attached hydrogens (tertiary/aromatic N) is 1. The molecule has 2 rings (SSSR count). The van der Waals surface area contributed by atoms with Crippen LogP contribution in [0.2, 0.25) is 0 Å². The molecular formula is C21H30N2O7. The fraction of sp³-hybridized carbons (Fsp3) is 0.619. The number of amides is 1. The first-order valence-electron chi connectivity index (χ1n) is 10.3. The number of hydrogen-bond acceptors (Lipinski definition) is 7. The van der Waals surface area contributed by atoms with E-state index in [0.717, 1.165) is 6.42 Å². The predicted octanol–water partition coefficient (Wildman–Crippen LogP) is 3.74. The zero-order valence-corrected chi connectivity index (χ0v) is 17.5. The van der Waals surface area contributed by atoms with E-state index in [-0.39, 0.29) is 12.3 Å². The van der Waals surface area contributed by atoms with E-state index in [1.807, 2.05) is 0 Å².